The first kappa shape index (κ1) is 17.4. The molecule has 2 unspecified atom stereocenters. The van der Waals surface area contributed by atoms with E-state index in [0.29, 0.717) is 35.6 Å². The summed E-state index contributed by atoms with van der Waals surface area (Å²) in [4.78, 5) is 12.3. The van der Waals surface area contributed by atoms with Gasteiger partial charge in [-0.1, -0.05) is 6.07 Å². The van der Waals surface area contributed by atoms with Crippen molar-refractivity contribution in [2.45, 2.75) is 25.9 Å². The standard InChI is InChI=1S/C19H19F2NO3/c1-2-25-18-6-4-13(7-11(18)10-23)22-19(24)16-9-15(16)14-5-3-12(20)8-17(14)21/h3-8,15-16,23H,2,9-10H2,1H3,(H,22,24). The Morgan fingerprint density at radius 1 is 1.28 bits per heavy atom. The summed E-state index contributed by atoms with van der Waals surface area (Å²) in [5.41, 5.74) is 1.49. The Labute approximate surface area is 144 Å². The Balaban J connectivity index is 1.67. The zero-order valence-corrected chi connectivity index (χ0v) is 13.8. The Morgan fingerprint density at radius 3 is 2.76 bits per heavy atom. The van der Waals surface area contributed by atoms with Crippen LogP contribution in [0, 0.1) is 17.6 Å². The fraction of sp³-hybridized carbons (Fsp3) is 0.316. The molecule has 1 fully saturated rings. The van der Waals surface area contributed by atoms with E-state index in [1.54, 1.807) is 18.2 Å². The van der Waals surface area contributed by atoms with E-state index in [0.717, 1.165) is 6.07 Å². The molecular formula is C19H19F2NO3. The van der Waals surface area contributed by atoms with E-state index < -0.39 is 11.6 Å². The Morgan fingerprint density at radius 2 is 2.08 bits per heavy atom. The topological polar surface area (TPSA) is 58.6 Å². The number of carbonyl (C=O) groups excluding carboxylic acids is 1. The monoisotopic (exact) mass is 347 g/mol. The smallest absolute Gasteiger partial charge is 0.228 e. The second-order valence-corrected chi connectivity index (χ2v) is 6.02. The van der Waals surface area contributed by atoms with Crippen molar-refractivity contribution in [2.75, 3.05) is 11.9 Å². The fourth-order valence-corrected chi connectivity index (χ4v) is 2.94. The number of hydrogen-bond donors (Lipinski definition) is 2. The molecular weight excluding hydrogens is 328 g/mol. The van der Waals surface area contributed by atoms with Crippen LogP contribution < -0.4 is 10.1 Å². The Hall–Kier alpha value is -2.47. The lowest BCUT2D eigenvalue weighted by atomic mass is 10.1. The van der Waals surface area contributed by atoms with E-state index in [4.69, 9.17) is 4.74 Å². The molecule has 2 aromatic rings. The van der Waals surface area contributed by atoms with Gasteiger partial charge in [-0.25, -0.2) is 8.78 Å². The number of amides is 1. The lowest BCUT2D eigenvalue weighted by molar-refractivity contribution is -0.117. The van der Waals surface area contributed by atoms with Crippen LogP contribution >= 0.6 is 0 Å². The summed E-state index contributed by atoms with van der Waals surface area (Å²) in [6.07, 6.45) is 0.526. The van der Waals surface area contributed by atoms with Gasteiger partial charge in [-0.3, -0.25) is 4.79 Å². The third-order valence-corrected chi connectivity index (χ3v) is 4.29. The van der Waals surface area contributed by atoms with Crippen molar-refractivity contribution in [2.24, 2.45) is 5.92 Å². The van der Waals surface area contributed by atoms with Crippen LogP contribution in [-0.2, 0) is 11.4 Å². The molecule has 4 nitrogen and oxygen atoms in total. The molecule has 1 saturated carbocycles. The number of halogens is 2. The number of rotatable bonds is 6. The van der Waals surface area contributed by atoms with Crippen molar-refractivity contribution < 1.29 is 23.4 Å². The summed E-state index contributed by atoms with van der Waals surface area (Å²) < 4.78 is 32.2. The van der Waals surface area contributed by atoms with Gasteiger partial charge < -0.3 is 15.2 Å². The van der Waals surface area contributed by atoms with Gasteiger partial charge in [-0.2, -0.15) is 0 Å². The molecule has 0 radical (unpaired) electrons. The molecule has 0 spiro atoms. The number of anilines is 1. The minimum Gasteiger partial charge on any atom is -0.494 e. The highest BCUT2D eigenvalue weighted by atomic mass is 19.1. The number of aliphatic hydroxyl groups excluding tert-OH is 1. The average molecular weight is 347 g/mol. The SMILES string of the molecule is CCOc1ccc(NC(=O)C2CC2c2ccc(F)cc2F)cc1CO. The number of nitrogens with one attached hydrogen (secondary N) is 1. The number of carbonyl (C=O) groups is 1. The molecule has 3 rings (SSSR count). The molecule has 0 aromatic heterocycles. The van der Waals surface area contributed by atoms with Crippen LogP contribution in [0.2, 0.25) is 0 Å². The van der Waals surface area contributed by atoms with E-state index in [1.165, 1.54) is 12.1 Å². The molecule has 0 saturated heterocycles. The van der Waals surface area contributed by atoms with E-state index in [2.05, 4.69) is 5.32 Å². The number of benzene rings is 2. The summed E-state index contributed by atoms with van der Waals surface area (Å²) in [6, 6.07) is 8.46. The summed E-state index contributed by atoms with van der Waals surface area (Å²) in [7, 11) is 0. The highest BCUT2D eigenvalue weighted by molar-refractivity contribution is 5.95. The second-order valence-electron chi connectivity index (χ2n) is 6.02. The predicted octanol–water partition coefficient (Wildman–Crippen LogP) is 3.60. The minimum atomic E-state index is -0.631. The average Bonchev–Trinajstić information content (AvgIpc) is 3.37. The molecule has 1 aliphatic rings. The summed E-state index contributed by atoms with van der Waals surface area (Å²) in [6.45, 7) is 2.12. The van der Waals surface area contributed by atoms with E-state index >= 15 is 0 Å². The lowest BCUT2D eigenvalue weighted by Gasteiger charge is -2.11. The summed E-state index contributed by atoms with van der Waals surface area (Å²) in [5, 5.41) is 12.2. The van der Waals surface area contributed by atoms with Crippen molar-refractivity contribution in [3.8, 4) is 5.75 Å². The van der Waals surface area contributed by atoms with Gasteiger partial charge in [0, 0.05) is 23.2 Å². The number of aliphatic hydroxyl groups is 1. The predicted molar refractivity (Wildman–Crippen MR) is 89.4 cm³/mol. The maximum atomic E-state index is 13.8. The molecule has 2 aromatic carbocycles. The molecule has 1 amide bonds. The van der Waals surface area contributed by atoms with Gasteiger partial charge in [-0.15, -0.1) is 0 Å². The molecule has 2 atom stereocenters. The Bertz CT molecular complexity index is 794. The van der Waals surface area contributed by atoms with E-state index in [9.17, 15) is 18.7 Å². The van der Waals surface area contributed by atoms with Crippen LogP contribution in [0.5, 0.6) is 5.75 Å². The molecule has 1 aliphatic carbocycles. The molecule has 6 heteroatoms. The first-order valence-corrected chi connectivity index (χ1v) is 8.16. The molecule has 0 heterocycles. The number of hydrogen-bond acceptors (Lipinski definition) is 3. The minimum absolute atomic E-state index is 0.202. The van der Waals surface area contributed by atoms with Gasteiger partial charge in [0.25, 0.3) is 0 Å². The van der Waals surface area contributed by atoms with Crippen LogP contribution in [0.3, 0.4) is 0 Å². The van der Waals surface area contributed by atoms with Crippen molar-refractivity contribution in [3.05, 3.63) is 59.2 Å². The fourth-order valence-electron chi connectivity index (χ4n) is 2.94. The molecule has 132 valence electrons. The van der Waals surface area contributed by atoms with Crippen LogP contribution in [0.15, 0.2) is 36.4 Å². The van der Waals surface area contributed by atoms with Gasteiger partial charge in [-0.05, 0) is 49.1 Å². The van der Waals surface area contributed by atoms with Gasteiger partial charge in [0.1, 0.15) is 17.4 Å². The van der Waals surface area contributed by atoms with Crippen molar-refractivity contribution >= 4 is 11.6 Å². The quantitative estimate of drug-likeness (QED) is 0.839. The highest BCUT2D eigenvalue weighted by Gasteiger charge is 2.45. The van der Waals surface area contributed by atoms with E-state index in [1.807, 2.05) is 6.92 Å². The normalized spacial score (nSPS) is 18.7. The summed E-state index contributed by atoms with van der Waals surface area (Å²) >= 11 is 0. The largest absolute Gasteiger partial charge is 0.494 e. The lowest BCUT2D eigenvalue weighted by Crippen LogP contribution is -2.15. The van der Waals surface area contributed by atoms with Crippen LogP contribution in [0.4, 0.5) is 14.5 Å². The molecule has 2 N–H and O–H groups in total. The zero-order valence-electron chi connectivity index (χ0n) is 13.8. The van der Waals surface area contributed by atoms with Gasteiger partial charge in [0.05, 0.1) is 13.2 Å². The zero-order chi connectivity index (χ0) is 18.0. The Kier molecular flexibility index (Phi) is 4.99. The van der Waals surface area contributed by atoms with E-state index in [-0.39, 0.29) is 24.3 Å². The number of ether oxygens (including phenoxy) is 1. The third-order valence-electron chi connectivity index (χ3n) is 4.29. The van der Waals surface area contributed by atoms with Crippen molar-refractivity contribution in [1.82, 2.24) is 0 Å². The molecule has 0 bridgehead atoms. The van der Waals surface area contributed by atoms with Crippen LogP contribution in [0.1, 0.15) is 30.4 Å². The van der Waals surface area contributed by atoms with Crippen LogP contribution in [0.25, 0.3) is 0 Å². The molecule has 25 heavy (non-hydrogen) atoms. The van der Waals surface area contributed by atoms with Gasteiger partial charge >= 0.3 is 0 Å². The van der Waals surface area contributed by atoms with Crippen molar-refractivity contribution in [3.63, 3.8) is 0 Å². The first-order chi connectivity index (χ1) is 12.0. The molecule has 0 aliphatic heterocycles. The first-order valence-electron chi connectivity index (χ1n) is 8.16. The van der Waals surface area contributed by atoms with Gasteiger partial charge in [0.2, 0.25) is 5.91 Å². The van der Waals surface area contributed by atoms with Gasteiger partial charge in [0.15, 0.2) is 0 Å². The third kappa shape index (κ3) is 3.79. The van der Waals surface area contributed by atoms with Crippen LogP contribution in [-0.4, -0.2) is 17.6 Å². The summed E-state index contributed by atoms with van der Waals surface area (Å²) in [5.74, 6) is -1.48. The maximum absolute atomic E-state index is 13.8. The second kappa shape index (κ2) is 7.19. The maximum Gasteiger partial charge on any atom is 0.228 e. The van der Waals surface area contributed by atoms with Crippen molar-refractivity contribution in [1.29, 1.82) is 0 Å². The highest BCUT2D eigenvalue weighted by Crippen LogP contribution is 2.48.